The van der Waals surface area contributed by atoms with Crippen LogP contribution in [0.4, 0.5) is 4.79 Å². The van der Waals surface area contributed by atoms with Gasteiger partial charge < -0.3 is 20.9 Å². The zero-order valence-electron chi connectivity index (χ0n) is 12.5. The van der Waals surface area contributed by atoms with Gasteiger partial charge >= 0.3 is 6.03 Å². The van der Waals surface area contributed by atoms with Crippen LogP contribution in [0.1, 0.15) is 12.8 Å². The van der Waals surface area contributed by atoms with Crippen molar-refractivity contribution >= 4 is 11.9 Å². The van der Waals surface area contributed by atoms with Crippen molar-refractivity contribution in [1.29, 1.82) is 0 Å². The van der Waals surface area contributed by atoms with Crippen molar-refractivity contribution in [2.75, 3.05) is 52.4 Å². The Kier molecular flexibility index (Phi) is 4.30. The topological polar surface area (TPSA) is 91.8 Å². The van der Waals surface area contributed by atoms with Crippen LogP contribution in [0.5, 0.6) is 0 Å². The molecule has 0 saturated carbocycles. The third-order valence-corrected chi connectivity index (χ3v) is 4.83. The third kappa shape index (κ3) is 3.65. The Bertz CT molecular complexity index is 396. The quantitative estimate of drug-likeness (QED) is 0.646. The molecular weight excluding hydrogens is 270 g/mol. The number of hydrogen-bond acceptors (Lipinski definition) is 4. The van der Waals surface area contributed by atoms with Gasteiger partial charge in [0.15, 0.2) is 0 Å². The number of urea groups is 1. The Labute approximate surface area is 125 Å². The molecule has 1 atom stereocenters. The van der Waals surface area contributed by atoms with E-state index < -0.39 is 0 Å². The molecule has 7 heteroatoms. The zero-order chi connectivity index (χ0) is 14.8. The number of rotatable bonds is 3. The number of nitrogens with one attached hydrogen (secondary N) is 1. The van der Waals surface area contributed by atoms with Gasteiger partial charge in [-0.2, -0.15) is 0 Å². The minimum Gasteiger partial charge on any atom is -0.351 e. The molecule has 3 aliphatic rings. The van der Waals surface area contributed by atoms with E-state index in [4.69, 9.17) is 5.73 Å². The summed E-state index contributed by atoms with van der Waals surface area (Å²) < 4.78 is 0. The minimum absolute atomic E-state index is 0.100. The van der Waals surface area contributed by atoms with E-state index >= 15 is 0 Å². The number of nitrogens with zero attached hydrogens (tertiary/aromatic N) is 3. The summed E-state index contributed by atoms with van der Waals surface area (Å²) in [5.74, 6) is 0.949. The van der Waals surface area contributed by atoms with Crippen molar-refractivity contribution in [2.45, 2.75) is 18.9 Å². The first-order valence-corrected chi connectivity index (χ1v) is 7.92. The lowest BCUT2D eigenvalue weighted by Gasteiger charge is -2.38. The molecule has 1 unspecified atom stereocenters. The van der Waals surface area contributed by atoms with Crippen molar-refractivity contribution in [2.24, 2.45) is 11.7 Å². The number of carbonyl (C=O) groups is 2. The van der Waals surface area contributed by atoms with E-state index in [9.17, 15) is 9.59 Å². The molecule has 0 aliphatic carbocycles. The molecule has 0 aromatic carbocycles. The smallest absolute Gasteiger partial charge is 0.314 e. The van der Waals surface area contributed by atoms with E-state index in [0.717, 1.165) is 65.2 Å². The van der Waals surface area contributed by atoms with Gasteiger partial charge in [0, 0.05) is 52.4 Å². The highest BCUT2D eigenvalue weighted by atomic mass is 16.2. The maximum absolute atomic E-state index is 12.0. The Morgan fingerprint density at radius 3 is 2.14 bits per heavy atom. The molecular formula is C14H25N5O2. The SMILES string of the molecule is NC(=O)N1CCN(CC2CCN(C(=O)C3CN3)CC2)CC1. The van der Waals surface area contributed by atoms with E-state index in [1.807, 2.05) is 4.90 Å². The number of piperidine rings is 1. The Balaban J connectivity index is 1.37. The van der Waals surface area contributed by atoms with Gasteiger partial charge in [-0.15, -0.1) is 0 Å². The number of nitrogens with two attached hydrogens (primary N) is 1. The molecule has 0 bridgehead atoms. The van der Waals surface area contributed by atoms with E-state index in [0.29, 0.717) is 5.92 Å². The zero-order valence-corrected chi connectivity index (χ0v) is 12.5. The normalized spacial score (nSPS) is 27.7. The molecule has 3 heterocycles. The first-order chi connectivity index (χ1) is 10.1. The first-order valence-electron chi connectivity index (χ1n) is 7.92. The second-order valence-corrected chi connectivity index (χ2v) is 6.36. The van der Waals surface area contributed by atoms with Crippen molar-refractivity contribution in [3.05, 3.63) is 0 Å². The number of primary amides is 1. The fraction of sp³-hybridized carbons (Fsp3) is 0.857. The molecule has 21 heavy (non-hydrogen) atoms. The number of piperazine rings is 1. The van der Waals surface area contributed by atoms with Crippen molar-refractivity contribution in [3.63, 3.8) is 0 Å². The van der Waals surface area contributed by atoms with Gasteiger partial charge in [-0.05, 0) is 18.8 Å². The largest absolute Gasteiger partial charge is 0.351 e. The highest BCUT2D eigenvalue weighted by Crippen LogP contribution is 2.20. The van der Waals surface area contributed by atoms with Crippen molar-refractivity contribution in [1.82, 2.24) is 20.0 Å². The summed E-state index contributed by atoms with van der Waals surface area (Å²) >= 11 is 0. The highest BCUT2D eigenvalue weighted by Gasteiger charge is 2.34. The highest BCUT2D eigenvalue weighted by molar-refractivity contribution is 5.84. The maximum Gasteiger partial charge on any atom is 0.314 e. The van der Waals surface area contributed by atoms with Gasteiger partial charge in [-0.25, -0.2) is 4.79 Å². The Morgan fingerprint density at radius 2 is 1.62 bits per heavy atom. The van der Waals surface area contributed by atoms with Gasteiger partial charge in [0.05, 0.1) is 6.04 Å². The summed E-state index contributed by atoms with van der Waals surface area (Å²) in [5, 5.41) is 3.08. The predicted molar refractivity (Wildman–Crippen MR) is 78.7 cm³/mol. The number of hydrogen-bond donors (Lipinski definition) is 2. The third-order valence-electron chi connectivity index (χ3n) is 4.83. The lowest BCUT2D eigenvalue weighted by atomic mass is 9.95. The van der Waals surface area contributed by atoms with Crippen LogP contribution in [-0.4, -0.2) is 85.0 Å². The van der Waals surface area contributed by atoms with Crippen LogP contribution < -0.4 is 11.1 Å². The van der Waals surface area contributed by atoms with Crippen LogP contribution in [0.25, 0.3) is 0 Å². The average Bonchev–Trinajstić information content (AvgIpc) is 3.32. The second kappa shape index (κ2) is 6.19. The van der Waals surface area contributed by atoms with E-state index in [1.165, 1.54) is 0 Å². The first kappa shape index (κ1) is 14.6. The standard InChI is InChI=1S/C14H25N5O2/c15-14(21)19-7-5-17(6-8-19)10-11-1-3-18(4-2-11)13(20)12-9-16-12/h11-12,16H,1-10H2,(H2,15,21). The van der Waals surface area contributed by atoms with Gasteiger partial charge in [0.1, 0.15) is 0 Å². The van der Waals surface area contributed by atoms with Gasteiger partial charge in [-0.1, -0.05) is 0 Å². The summed E-state index contributed by atoms with van der Waals surface area (Å²) in [6.45, 7) is 7.01. The second-order valence-electron chi connectivity index (χ2n) is 6.36. The van der Waals surface area contributed by atoms with Crippen LogP contribution in [-0.2, 0) is 4.79 Å². The van der Waals surface area contributed by atoms with Crippen LogP contribution in [0, 0.1) is 5.92 Å². The molecule has 3 rings (SSSR count). The van der Waals surface area contributed by atoms with E-state index in [1.54, 1.807) is 4.90 Å². The maximum atomic E-state index is 12.0. The number of amides is 3. The Morgan fingerprint density at radius 1 is 1.00 bits per heavy atom. The lowest BCUT2D eigenvalue weighted by molar-refractivity contribution is -0.132. The van der Waals surface area contributed by atoms with E-state index in [-0.39, 0.29) is 18.0 Å². The molecule has 3 saturated heterocycles. The van der Waals surface area contributed by atoms with Gasteiger partial charge in [0.25, 0.3) is 0 Å². The fourth-order valence-electron chi connectivity index (χ4n) is 3.31. The lowest BCUT2D eigenvalue weighted by Crippen LogP contribution is -2.52. The number of carbonyl (C=O) groups excluding carboxylic acids is 2. The molecule has 3 aliphatic heterocycles. The van der Waals surface area contributed by atoms with E-state index in [2.05, 4.69) is 10.2 Å². The summed E-state index contributed by atoms with van der Waals surface area (Å²) in [4.78, 5) is 29.2. The minimum atomic E-state index is -0.310. The fourth-order valence-corrected chi connectivity index (χ4v) is 3.31. The molecule has 3 amide bonds. The molecule has 3 fully saturated rings. The van der Waals surface area contributed by atoms with Crippen LogP contribution in [0.15, 0.2) is 0 Å². The summed E-state index contributed by atoms with van der Waals surface area (Å²) in [6, 6.07) is -0.210. The van der Waals surface area contributed by atoms with Crippen molar-refractivity contribution in [3.8, 4) is 0 Å². The average molecular weight is 295 g/mol. The van der Waals surface area contributed by atoms with Crippen LogP contribution in [0.2, 0.25) is 0 Å². The van der Waals surface area contributed by atoms with Gasteiger partial charge in [0.2, 0.25) is 5.91 Å². The summed E-state index contributed by atoms with van der Waals surface area (Å²) in [5.41, 5.74) is 5.30. The summed E-state index contributed by atoms with van der Waals surface area (Å²) in [7, 11) is 0. The molecule has 0 aromatic heterocycles. The summed E-state index contributed by atoms with van der Waals surface area (Å²) in [6.07, 6.45) is 2.18. The monoisotopic (exact) mass is 295 g/mol. The molecule has 7 nitrogen and oxygen atoms in total. The predicted octanol–water partition coefficient (Wildman–Crippen LogP) is -1.11. The molecule has 0 aromatic rings. The van der Waals surface area contributed by atoms with Gasteiger partial charge in [-0.3, -0.25) is 9.69 Å². The molecule has 118 valence electrons. The van der Waals surface area contributed by atoms with Crippen LogP contribution in [0.3, 0.4) is 0 Å². The molecule has 0 radical (unpaired) electrons. The number of likely N-dealkylation sites (tertiary alicyclic amines) is 1. The molecule has 3 N–H and O–H groups in total. The van der Waals surface area contributed by atoms with Crippen LogP contribution >= 0.6 is 0 Å². The van der Waals surface area contributed by atoms with Crippen molar-refractivity contribution < 1.29 is 9.59 Å². The Hall–Kier alpha value is -1.34. The molecule has 0 spiro atoms.